The van der Waals surface area contributed by atoms with E-state index in [1.807, 2.05) is 38.1 Å². The Hall–Kier alpha value is -4.07. The molecule has 4 aromatic rings. The largest absolute Gasteiger partial charge is 0.464 e. The minimum atomic E-state index is -1.08. The van der Waals surface area contributed by atoms with Gasteiger partial charge >= 0.3 is 0 Å². The van der Waals surface area contributed by atoms with Crippen molar-refractivity contribution in [2.24, 2.45) is 0 Å². The molecular formula is C27H21F3N2O3. The predicted octanol–water partition coefficient (Wildman–Crippen LogP) is 5.60. The molecule has 0 atom stereocenters. The third kappa shape index (κ3) is 3.84. The van der Waals surface area contributed by atoms with E-state index in [0.29, 0.717) is 23.4 Å². The van der Waals surface area contributed by atoms with Gasteiger partial charge in [-0.1, -0.05) is 24.3 Å². The van der Waals surface area contributed by atoms with Gasteiger partial charge < -0.3 is 14.6 Å². The van der Waals surface area contributed by atoms with Crippen LogP contribution in [0.25, 0.3) is 11.0 Å². The zero-order valence-corrected chi connectivity index (χ0v) is 19.0. The lowest BCUT2D eigenvalue weighted by Crippen LogP contribution is -2.35. The van der Waals surface area contributed by atoms with Gasteiger partial charge in [-0.15, -0.1) is 0 Å². The van der Waals surface area contributed by atoms with Gasteiger partial charge in [0.15, 0.2) is 0 Å². The Morgan fingerprint density at radius 1 is 1.03 bits per heavy atom. The molecule has 2 heterocycles. The van der Waals surface area contributed by atoms with Crippen molar-refractivity contribution in [2.45, 2.75) is 32.4 Å². The Morgan fingerprint density at radius 2 is 1.74 bits per heavy atom. The summed E-state index contributed by atoms with van der Waals surface area (Å²) in [5.74, 6) is -3.90. The van der Waals surface area contributed by atoms with Crippen LogP contribution < -0.4 is 10.2 Å². The number of nitrogens with zero attached hydrogens (tertiary/aromatic N) is 1. The smallest absolute Gasteiger partial charge is 0.251 e. The van der Waals surface area contributed by atoms with Crippen molar-refractivity contribution in [1.29, 1.82) is 0 Å². The number of anilines is 1. The number of para-hydroxylation sites is 1. The molecule has 5 rings (SSSR count). The van der Waals surface area contributed by atoms with Crippen molar-refractivity contribution in [3.63, 3.8) is 0 Å². The number of halogens is 3. The summed E-state index contributed by atoms with van der Waals surface area (Å²) in [5, 5.41) is 3.36. The van der Waals surface area contributed by atoms with E-state index in [-0.39, 0.29) is 18.0 Å². The summed E-state index contributed by atoms with van der Waals surface area (Å²) in [5.41, 5.74) is 1.87. The maximum absolute atomic E-state index is 13.9. The van der Waals surface area contributed by atoms with Crippen LogP contribution in [-0.4, -0.2) is 11.8 Å². The van der Waals surface area contributed by atoms with Gasteiger partial charge in [-0.05, 0) is 37.6 Å². The molecule has 5 nitrogen and oxygen atoms in total. The lowest BCUT2D eigenvalue weighted by atomic mass is 9.86. The minimum Gasteiger partial charge on any atom is -0.464 e. The molecule has 3 aromatic carbocycles. The number of amides is 2. The van der Waals surface area contributed by atoms with Crippen LogP contribution in [0.15, 0.2) is 65.3 Å². The van der Waals surface area contributed by atoms with Crippen molar-refractivity contribution in [3.05, 3.63) is 101 Å². The average molecular weight is 478 g/mol. The first-order valence-corrected chi connectivity index (χ1v) is 11.0. The second kappa shape index (κ2) is 8.30. The van der Waals surface area contributed by atoms with Crippen molar-refractivity contribution in [2.75, 3.05) is 4.90 Å². The lowest BCUT2D eigenvalue weighted by molar-refractivity contribution is -0.122. The second-order valence-corrected chi connectivity index (χ2v) is 9.04. The molecule has 0 fully saturated rings. The van der Waals surface area contributed by atoms with Gasteiger partial charge in [0.25, 0.3) is 5.91 Å². The maximum atomic E-state index is 13.9. The third-order valence-corrected chi connectivity index (χ3v) is 6.43. The molecule has 0 spiro atoms. The summed E-state index contributed by atoms with van der Waals surface area (Å²) >= 11 is 0. The normalized spacial score (nSPS) is 14.4. The summed E-state index contributed by atoms with van der Waals surface area (Å²) in [7, 11) is 0. The highest BCUT2D eigenvalue weighted by Crippen LogP contribution is 2.43. The monoisotopic (exact) mass is 478 g/mol. The van der Waals surface area contributed by atoms with E-state index in [9.17, 15) is 22.8 Å². The summed E-state index contributed by atoms with van der Waals surface area (Å²) in [6.07, 6.45) is 1.62. The third-order valence-electron chi connectivity index (χ3n) is 6.43. The van der Waals surface area contributed by atoms with Crippen LogP contribution in [0.2, 0.25) is 0 Å². The molecule has 0 aliphatic carbocycles. The molecule has 8 heteroatoms. The van der Waals surface area contributed by atoms with Crippen molar-refractivity contribution >= 4 is 28.5 Å². The van der Waals surface area contributed by atoms with Gasteiger partial charge in [0.2, 0.25) is 5.91 Å². The highest BCUT2D eigenvalue weighted by atomic mass is 19.1. The highest BCUT2D eigenvalue weighted by molar-refractivity contribution is 6.09. The van der Waals surface area contributed by atoms with Crippen molar-refractivity contribution in [1.82, 2.24) is 5.32 Å². The van der Waals surface area contributed by atoms with Gasteiger partial charge in [-0.2, -0.15) is 0 Å². The summed E-state index contributed by atoms with van der Waals surface area (Å²) in [4.78, 5) is 27.7. The summed E-state index contributed by atoms with van der Waals surface area (Å²) in [6.45, 7) is 3.44. The lowest BCUT2D eigenvalue weighted by Gasteiger charge is -2.20. The first-order valence-electron chi connectivity index (χ1n) is 11.0. The fourth-order valence-electron chi connectivity index (χ4n) is 4.48. The van der Waals surface area contributed by atoms with Gasteiger partial charge in [0.05, 0.1) is 18.2 Å². The molecule has 2 amide bonds. The molecule has 1 aromatic heterocycles. The van der Waals surface area contributed by atoms with Crippen LogP contribution in [0.5, 0.6) is 0 Å². The molecule has 178 valence electrons. The number of hydrogen-bond acceptors (Lipinski definition) is 3. The molecule has 0 bridgehead atoms. The zero-order valence-electron chi connectivity index (χ0n) is 19.0. The second-order valence-electron chi connectivity index (χ2n) is 9.04. The minimum absolute atomic E-state index is 0.120. The number of fused-ring (bicyclic) bond motifs is 2. The van der Waals surface area contributed by atoms with Crippen LogP contribution in [0.1, 0.15) is 40.9 Å². The molecule has 1 aliphatic rings. The van der Waals surface area contributed by atoms with E-state index in [0.717, 1.165) is 16.5 Å². The SMILES string of the molecule is CC1(C)C(=O)N(Cc2coc3ccccc23)c2cc(C(=O)NCc3c(F)cc(F)cc3F)ccc21. The van der Waals surface area contributed by atoms with Crippen LogP contribution in [0, 0.1) is 17.5 Å². The number of benzene rings is 3. The Morgan fingerprint density at radius 3 is 2.49 bits per heavy atom. The number of furan rings is 1. The van der Waals surface area contributed by atoms with E-state index >= 15 is 0 Å². The summed E-state index contributed by atoms with van der Waals surface area (Å²) < 4.78 is 46.6. The molecular weight excluding hydrogens is 457 g/mol. The maximum Gasteiger partial charge on any atom is 0.251 e. The predicted molar refractivity (Wildman–Crippen MR) is 124 cm³/mol. The number of carbonyl (C=O) groups is 2. The molecule has 1 N–H and O–H groups in total. The first kappa shape index (κ1) is 22.7. The van der Waals surface area contributed by atoms with Crippen LogP contribution in [-0.2, 0) is 23.3 Å². The molecule has 1 aliphatic heterocycles. The topological polar surface area (TPSA) is 62.6 Å². The summed E-state index contributed by atoms with van der Waals surface area (Å²) in [6, 6.07) is 13.5. The molecule has 0 radical (unpaired) electrons. The van der Waals surface area contributed by atoms with Crippen LogP contribution in [0.3, 0.4) is 0 Å². The van der Waals surface area contributed by atoms with Crippen LogP contribution in [0.4, 0.5) is 18.9 Å². The quantitative estimate of drug-likeness (QED) is 0.406. The molecule has 35 heavy (non-hydrogen) atoms. The van der Waals surface area contributed by atoms with Gasteiger partial charge in [-0.25, -0.2) is 13.2 Å². The van der Waals surface area contributed by atoms with E-state index in [1.165, 1.54) is 0 Å². The Kier molecular flexibility index (Phi) is 5.39. The van der Waals surface area contributed by atoms with Crippen molar-refractivity contribution < 1.29 is 27.2 Å². The number of carbonyl (C=O) groups excluding carboxylic acids is 2. The highest BCUT2D eigenvalue weighted by Gasteiger charge is 2.44. The standard InChI is InChI=1S/C27H21F3N2O3/c1-27(2)20-8-7-15(25(33)31-12-19-21(29)10-17(28)11-22(19)30)9-23(20)32(26(27)34)13-16-14-35-24-6-4-3-5-18(16)24/h3-11,14H,12-13H2,1-2H3,(H,31,33). The van der Waals surface area contributed by atoms with Crippen LogP contribution >= 0.6 is 0 Å². The number of nitrogens with one attached hydrogen (secondary N) is 1. The van der Waals surface area contributed by atoms with Gasteiger partial charge in [0, 0.05) is 46.4 Å². The van der Waals surface area contributed by atoms with Gasteiger partial charge in [-0.3, -0.25) is 9.59 Å². The van der Waals surface area contributed by atoms with Gasteiger partial charge in [0.1, 0.15) is 23.0 Å². The van der Waals surface area contributed by atoms with Crippen molar-refractivity contribution in [3.8, 4) is 0 Å². The van der Waals surface area contributed by atoms with E-state index in [4.69, 9.17) is 4.42 Å². The average Bonchev–Trinajstić information content (AvgIpc) is 3.31. The molecule has 0 unspecified atom stereocenters. The Bertz CT molecular complexity index is 1470. The number of hydrogen-bond donors (Lipinski definition) is 1. The van der Waals surface area contributed by atoms with E-state index in [1.54, 1.807) is 29.4 Å². The fraction of sp³-hybridized carbons (Fsp3) is 0.185. The Balaban J connectivity index is 1.43. The molecule has 0 saturated carbocycles. The fourth-order valence-corrected chi connectivity index (χ4v) is 4.48. The first-order chi connectivity index (χ1) is 16.7. The van der Waals surface area contributed by atoms with E-state index < -0.39 is 40.9 Å². The van der Waals surface area contributed by atoms with E-state index in [2.05, 4.69) is 5.32 Å². The zero-order chi connectivity index (χ0) is 24.9. The Labute approximate surface area is 199 Å². The number of rotatable bonds is 5. The molecule has 0 saturated heterocycles.